The van der Waals surface area contributed by atoms with E-state index in [2.05, 4.69) is 0 Å². The highest BCUT2D eigenvalue weighted by Gasteiger charge is 2.42. The smallest absolute Gasteiger partial charge is 0.0611 e. The van der Waals surface area contributed by atoms with Crippen molar-refractivity contribution in [2.75, 3.05) is 0 Å². The van der Waals surface area contributed by atoms with Gasteiger partial charge < -0.3 is 9.84 Å². The van der Waals surface area contributed by atoms with Gasteiger partial charge in [-0.2, -0.15) is 0 Å². The molecule has 0 amide bonds. The summed E-state index contributed by atoms with van der Waals surface area (Å²) < 4.78 is 6.30. The zero-order chi connectivity index (χ0) is 11.0. The highest BCUT2D eigenvalue weighted by atomic mass is 16.5. The standard InChI is InChI=1S/C14H24O2/c15-13-8-11-7-6-10(13)9-14(11)16-12-4-2-1-3-5-12/h10-15H,1-9H2. The first-order valence-corrected chi connectivity index (χ1v) is 7.16. The van der Waals surface area contributed by atoms with Crippen LogP contribution in [0.5, 0.6) is 0 Å². The van der Waals surface area contributed by atoms with Crippen molar-refractivity contribution in [3.63, 3.8) is 0 Å². The molecule has 2 nitrogen and oxygen atoms in total. The molecule has 0 saturated heterocycles. The van der Waals surface area contributed by atoms with Crippen molar-refractivity contribution in [3.05, 3.63) is 0 Å². The maximum atomic E-state index is 9.87. The van der Waals surface area contributed by atoms with Crippen molar-refractivity contribution in [2.24, 2.45) is 11.8 Å². The van der Waals surface area contributed by atoms with Gasteiger partial charge in [-0.3, -0.25) is 0 Å². The Labute approximate surface area is 98.4 Å². The van der Waals surface area contributed by atoms with E-state index in [9.17, 15) is 5.11 Å². The fourth-order valence-corrected chi connectivity index (χ4v) is 3.96. The molecule has 2 heteroatoms. The summed E-state index contributed by atoms with van der Waals surface area (Å²) in [5, 5.41) is 9.87. The number of rotatable bonds is 2. The predicted octanol–water partition coefficient (Wildman–Crippen LogP) is 2.89. The molecule has 4 fully saturated rings. The Hall–Kier alpha value is -0.0800. The van der Waals surface area contributed by atoms with Crippen LogP contribution in [-0.2, 0) is 4.74 Å². The number of hydrogen-bond acceptors (Lipinski definition) is 2. The minimum Gasteiger partial charge on any atom is -0.393 e. The quantitative estimate of drug-likeness (QED) is 0.781. The van der Waals surface area contributed by atoms with Crippen molar-refractivity contribution in [1.29, 1.82) is 0 Å². The molecule has 1 N–H and O–H groups in total. The Balaban J connectivity index is 1.55. The fourth-order valence-electron chi connectivity index (χ4n) is 3.96. The van der Waals surface area contributed by atoms with Crippen LogP contribution in [0.1, 0.15) is 57.8 Å². The Kier molecular flexibility index (Phi) is 3.21. The lowest BCUT2D eigenvalue weighted by Crippen LogP contribution is -2.46. The van der Waals surface area contributed by atoms with Crippen LogP contribution < -0.4 is 0 Å². The third kappa shape index (κ3) is 2.14. The molecule has 4 saturated carbocycles. The molecule has 16 heavy (non-hydrogen) atoms. The molecule has 0 aromatic heterocycles. The number of ether oxygens (including phenoxy) is 1. The second-order valence-electron chi connectivity index (χ2n) is 6.07. The Morgan fingerprint density at radius 1 is 0.812 bits per heavy atom. The van der Waals surface area contributed by atoms with Gasteiger partial charge >= 0.3 is 0 Å². The molecule has 0 aromatic rings. The van der Waals surface area contributed by atoms with Crippen molar-refractivity contribution >= 4 is 0 Å². The van der Waals surface area contributed by atoms with E-state index in [0.717, 1.165) is 12.8 Å². The summed E-state index contributed by atoms with van der Waals surface area (Å²) in [4.78, 5) is 0. The van der Waals surface area contributed by atoms with Gasteiger partial charge in [0.25, 0.3) is 0 Å². The lowest BCUT2D eigenvalue weighted by Gasteiger charge is -2.46. The van der Waals surface area contributed by atoms with E-state index in [-0.39, 0.29) is 6.10 Å². The van der Waals surface area contributed by atoms with Crippen LogP contribution in [0.25, 0.3) is 0 Å². The van der Waals surface area contributed by atoms with Gasteiger partial charge in [0.1, 0.15) is 0 Å². The second-order valence-corrected chi connectivity index (χ2v) is 6.07. The van der Waals surface area contributed by atoms with Crippen LogP contribution in [-0.4, -0.2) is 23.4 Å². The first-order valence-electron chi connectivity index (χ1n) is 7.16. The van der Waals surface area contributed by atoms with Crippen LogP contribution >= 0.6 is 0 Å². The minimum atomic E-state index is -0.0232. The van der Waals surface area contributed by atoms with Crippen LogP contribution in [0.4, 0.5) is 0 Å². The van der Waals surface area contributed by atoms with Crippen molar-refractivity contribution < 1.29 is 9.84 Å². The topological polar surface area (TPSA) is 29.5 Å². The summed E-state index contributed by atoms with van der Waals surface area (Å²) in [6.07, 6.45) is 12.3. The Morgan fingerprint density at radius 2 is 1.56 bits per heavy atom. The van der Waals surface area contributed by atoms with Gasteiger partial charge in [-0.15, -0.1) is 0 Å². The summed E-state index contributed by atoms with van der Waals surface area (Å²) in [6, 6.07) is 0. The Bertz CT molecular complexity index is 235. The monoisotopic (exact) mass is 224 g/mol. The SMILES string of the molecule is OC1CC2CCC1CC2OC1CCCCC1. The molecule has 0 aromatic carbocycles. The van der Waals surface area contributed by atoms with E-state index in [1.165, 1.54) is 44.9 Å². The molecule has 0 aliphatic heterocycles. The number of aliphatic hydroxyl groups is 1. The zero-order valence-electron chi connectivity index (χ0n) is 10.1. The predicted molar refractivity (Wildman–Crippen MR) is 63.2 cm³/mol. The molecule has 4 atom stereocenters. The van der Waals surface area contributed by atoms with E-state index >= 15 is 0 Å². The third-order valence-electron chi connectivity index (χ3n) is 4.98. The third-order valence-corrected chi connectivity index (χ3v) is 4.98. The number of hydrogen-bond donors (Lipinski definition) is 1. The zero-order valence-corrected chi connectivity index (χ0v) is 10.1. The van der Waals surface area contributed by atoms with Crippen molar-refractivity contribution in [3.8, 4) is 0 Å². The van der Waals surface area contributed by atoms with Gasteiger partial charge in [-0.25, -0.2) is 0 Å². The van der Waals surface area contributed by atoms with Gasteiger partial charge in [0, 0.05) is 0 Å². The van der Waals surface area contributed by atoms with Gasteiger partial charge in [0.2, 0.25) is 0 Å². The van der Waals surface area contributed by atoms with E-state index in [1.54, 1.807) is 0 Å². The second kappa shape index (κ2) is 4.66. The normalized spacial score (nSPS) is 44.8. The van der Waals surface area contributed by atoms with Crippen LogP contribution in [0.2, 0.25) is 0 Å². The molecule has 4 rings (SSSR count). The summed E-state index contributed by atoms with van der Waals surface area (Å²) >= 11 is 0. The number of fused-ring (bicyclic) bond motifs is 3. The molecule has 0 spiro atoms. The lowest BCUT2D eigenvalue weighted by atomic mass is 9.67. The highest BCUT2D eigenvalue weighted by Crippen LogP contribution is 2.43. The van der Waals surface area contributed by atoms with E-state index < -0.39 is 0 Å². The summed E-state index contributed by atoms with van der Waals surface area (Å²) in [6.45, 7) is 0. The van der Waals surface area contributed by atoms with Crippen LogP contribution in [0.15, 0.2) is 0 Å². The molecular formula is C14H24O2. The van der Waals surface area contributed by atoms with Crippen molar-refractivity contribution in [1.82, 2.24) is 0 Å². The summed E-state index contributed by atoms with van der Waals surface area (Å²) in [7, 11) is 0. The largest absolute Gasteiger partial charge is 0.393 e. The average Bonchev–Trinajstić information content (AvgIpc) is 2.32. The fraction of sp³-hybridized carbons (Fsp3) is 1.00. The van der Waals surface area contributed by atoms with E-state index in [0.29, 0.717) is 24.0 Å². The first kappa shape index (κ1) is 11.0. The summed E-state index contributed by atoms with van der Waals surface area (Å²) in [5.74, 6) is 1.19. The molecule has 4 aliphatic carbocycles. The highest BCUT2D eigenvalue weighted by molar-refractivity contribution is 4.92. The van der Waals surface area contributed by atoms with Gasteiger partial charge in [-0.05, 0) is 50.4 Å². The van der Waals surface area contributed by atoms with Crippen LogP contribution in [0, 0.1) is 11.8 Å². The van der Waals surface area contributed by atoms with Crippen LogP contribution in [0.3, 0.4) is 0 Å². The maximum Gasteiger partial charge on any atom is 0.0611 e. The molecule has 4 unspecified atom stereocenters. The summed E-state index contributed by atoms with van der Waals surface area (Å²) in [5.41, 5.74) is 0. The maximum absolute atomic E-state index is 9.87. The van der Waals surface area contributed by atoms with E-state index in [1.807, 2.05) is 0 Å². The molecular weight excluding hydrogens is 200 g/mol. The molecule has 92 valence electrons. The Morgan fingerprint density at radius 3 is 2.19 bits per heavy atom. The first-order chi connectivity index (χ1) is 7.83. The number of aliphatic hydroxyl groups excluding tert-OH is 1. The minimum absolute atomic E-state index is 0.0232. The molecule has 2 bridgehead atoms. The molecule has 4 aliphatic rings. The molecule has 0 radical (unpaired) electrons. The van der Waals surface area contributed by atoms with Gasteiger partial charge in [-0.1, -0.05) is 19.3 Å². The van der Waals surface area contributed by atoms with Gasteiger partial charge in [0.05, 0.1) is 18.3 Å². The molecule has 0 heterocycles. The van der Waals surface area contributed by atoms with Crippen molar-refractivity contribution in [2.45, 2.75) is 76.1 Å². The lowest BCUT2D eigenvalue weighted by molar-refractivity contribution is -0.132. The average molecular weight is 224 g/mol. The van der Waals surface area contributed by atoms with Gasteiger partial charge in [0.15, 0.2) is 0 Å². The van der Waals surface area contributed by atoms with E-state index in [4.69, 9.17) is 4.74 Å².